The molecule has 4 rings (SSSR count). The van der Waals surface area contributed by atoms with E-state index in [4.69, 9.17) is 0 Å². The third kappa shape index (κ3) is 4.00. The van der Waals surface area contributed by atoms with Gasteiger partial charge in [0.25, 0.3) is 5.91 Å². The van der Waals surface area contributed by atoms with Crippen molar-refractivity contribution in [1.29, 1.82) is 0 Å². The number of alkyl halides is 1. The minimum Gasteiger partial charge on any atom is -0.352 e. The molecule has 1 aliphatic heterocycles. The molecule has 1 saturated heterocycles. The van der Waals surface area contributed by atoms with E-state index in [-0.39, 0.29) is 18.4 Å². The lowest BCUT2D eigenvalue weighted by Gasteiger charge is -2.23. The molecule has 4 heterocycles. The van der Waals surface area contributed by atoms with Gasteiger partial charge in [-0.15, -0.1) is 0 Å². The maximum atomic E-state index is 14.5. The molecule has 0 spiro atoms. The van der Waals surface area contributed by atoms with Crippen LogP contribution in [0.2, 0.25) is 0 Å². The van der Waals surface area contributed by atoms with Crippen molar-refractivity contribution in [2.45, 2.75) is 38.8 Å². The molecule has 1 aliphatic rings. The van der Waals surface area contributed by atoms with Gasteiger partial charge < -0.3 is 15.2 Å². The van der Waals surface area contributed by atoms with Crippen molar-refractivity contribution < 1.29 is 9.18 Å². The predicted octanol–water partition coefficient (Wildman–Crippen LogP) is 3.58. The molecule has 0 bridgehead atoms. The Kier molecular flexibility index (Phi) is 5.19. The number of nitrogens with zero attached hydrogens (tertiary/aromatic N) is 5. The molecular weight excluding hydrogens is 385 g/mol. The van der Waals surface area contributed by atoms with E-state index in [1.54, 1.807) is 31.7 Å². The van der Waals surface area contributed by atoms with Crippen LogP contribution < -0.4 is 10.2 Å². The number of imidazole rings is 1. The fourth-order valence-corrected chi connectivity index (χ4v) is 3.49. The topological polar surface area (TPSA) is 99.7 Å². The Balaban J connectivity index is 1.70. The van der Waals surface area contributed by atoms with E-state index in [1.165, 1.54) is 12.4 Å². The van der Waals surface area contributed by atoms with Crippen LogP contribution in [0.5, 0.6) is 0 Å². The Morgan fingerprint density at radius 2 is 2.03 bits per heavy atom. The Hall–Kier alpha value is -3.36. The largest absolute Gasteiger partial charge is 0.352 e. The maximum absolute atomic E-state index is 14.5. The first kappa shape index (κ1) is 19.9. The van der Waals surface area contributed by atoms with Crippen LogP contribution in [-0.2, 0) is 0 Å². The number of amides is 1. The maximum Gasteiger partial charge on any atom is 0.258 e. The van der Waals surface area contributed by atoms with Gasteiger partial charge >= 0.3 is 0 Å². The second kappa shape index (κ2) is 7.81. The van der Waals surface area contributed by atoms with Gasteiger partial charge in [-0.3, -0.25) is 4.79 Å². The highest BCUT2D eigenvalue weighted by Gasteiger charge is 2.35. The molecule has 8 nitrogen and oxygen atoms in total. The molecule has 0 aromatic carbocycles. The first-order chi connectivity index (χ1) is 14.3. The zero-order chi connectivity index (χ0) is 21.3. The normalized spacial score (nSPS) is 18.8. The van der Waals surface area contributed by atoms with Crippen molar-refractivity contribution in [3.8, 4) is 11.3 Å². The van der Waals surface area contributed by atoms with Crippen molar-refractivity contribution in [3.63, 3.8) is 0 Å². The standard InChI is InChI=1S/C21H24FN7O/c1-13(2)18-25-8-14(9-26-18)20(30)28-17-15(16-10-23-12-27-16)4-6-24-19(17)29-7-5-21(3,22)11-29/h4,6,8-10,12-13H,5,7,11H2,1-3H3,(H,23,27)(H,28,30). The van der Waals surface area contributed by atoms with Crippen LogP contribution in [0, 0.1) is 0 Å². The first-order valence-corrected chi connectivity index (χ1v) is 9.89. The number of aromatic amines is 1. The van der Waals surface area contributed by atoms with Crippen molar-refractivity contribution in [1.82, 2.24) is 24.9 Å². The second-order valence-corrected chi connectivity index (χ2v) is 8.05. The SMILES string of the molecule is CC(C)c1ncc(C(=O)Nc2c(-c3cnc[nH]3)ccnc2N2CCC(C)(F)C2)cn1. The average molecular weight is 409 g/mol. The van der Waals surface area contributed by atoms with Gasteiger partial charge in [0.15, 0.2) is 5.82 Å². The highest BCUT2D eigenvalue weighted by atomic mass is 19.1. The zero-order valence-electron chi connectivity index (χ0n) is 17.2. The zero-order valence-corrected chi connectivity index (χ0v) is 17.2. The van der Waals surface area contributed by atoms with Crippen LogP contribution >= 0.6 is 0 Å². The van der Waals surface area contributed by atoms with Gasteiger partial charge in [0.05, 0.1) is 36.0 Å². The van der Waals surface area contributed by atoms with E-state index in [9.17, 15) is 9.18 Å². The summed E-state index contributed by atoms with van der Waals surface area (Å²) in [6.45, 7) is 6.28. The molecule has 156 valence electrons. The third-order valence-electron chi connectivity index (χ3n) is 5.13. The monoisotopic (exact) mass is 409 g/mol. The van der Waals surface area contributed by atoms with E-state index in [0.29, 0.717) is 35.9 Å². The number of hydrogen-bond acceptors (Lipinski definition) is 6. The lowest BCUT2D eigenvalue weighted by molar-refractivity contribution is 0.102. The lowest BCUT2D eigenvalue weighted by Crippen LogP contribution is -2.28. The number of aromatic nitrogens is 5. The number of halogens is 1. The number of hydrogen-bond donors (Lipinski definition) is 2. The van der Waals surface area contributed by atoms with Crippen LogP contribution in [0.1, 0.15) is 49.3 Å². The summed E-state index contributed by atoms with van der Waals surface area (Å²) in [5.41, 5.74) is 0.979. The Morgan fingerprint density at radius 1 is 1.27 bits per heavy atom. The van der Waals surface area contributed by atoms with Crippen LogP contribution in [0.4, 0.5) is 15.9 Å². The second-order valence-electron chi connectivity index (χ2n) is 8.05. The van der Waals surface area contributed by atoms with Gasteiger partial charge in [0.2, 0.25) is 0 Å². The van der Waals surface area contributed by atoms with E-state index < -0.39 is 5.67 Å². The summed E-state index contributed by atoms with van der Waals surface area (Å²) < 4.78 is 14.5. The van der Waals surface area contributed by atoms with E-state index >= 15 is 0 Å². The molecule has 2 N–H and O–H groups in total. The molecule has 1 atom stereocenters. The summed E-state index contributed by atoms with van der Waals surface area (Å²) in [6.07, 6.45) is 8.30. The van der Waals surface area contributed by atoms with E-state index in [0.717, 1.165) is 11.3 Å². The lowest BCUT2D eigenvalue weighted by atomic mass is 10.1. The molecule has 1 fully saturated rings. The summed E-state index contributed by atoms with van der Waals surface area (Å²) in [7, 11) is 0. The highest BCUT2D eigenvalue weighted by Crippen LogP contribution is 2.37. The molecule has 0 aliphatic carbocycles. The van der Waals surface area contributed by atoms with Gasteiger partial charge in [-0.05, 0) is 13.0 Å². The quantitative estimate of drug-likeness (QED) is 0.668. The molecule has 1 amide bonds. The van der Waals surface area contributed by atoms with Crippen LogP contribution in [0.3, 0.4) is 0 Å². The number of H-pyrrole nitrogens is 1. The minimum absolute atomic E-state index is 0.171. The summed E-state index contributed by atoms with van der Waals surface area (Å²) in [5, 5.41) is 2.94. The van der Waals surface area contributed by atoms with Crippen LogP contribution in [-0.4, -0.2) is 49.6 Å². The van der Waals surface area contributed by atoms with E-state index in [1.807, 2.05) is 18.7 Å². The molecule has 3 aromatic heterocycles. The fourth-order valence-electron chi connectivity index (χ4n) is 3.49. The highest BCUT2D eigenvalue weighted by molar-refractivity contribution is 6.07. The van der Waals surface area contributed by atoms with Crippen molar-refractivity contribution >= 4 is 17.4 Å². The van der Waals surface area contributed by atoms with Gasteiger partial charge in [0, 0.05) is 43.0 Å². The van der Waals surface area contributed by atoms with Crippen LogP contribution in [0.25, 0.3) is 11.3 Å². The third-order valence-corrected chi connectivity index (χ3v) is 5.13. The molecule has 30 heavy (non-hydrogen) atoms. The molecule has 0 radical (unpaired) electrons. The number of rotatable bonds is 5. The Labute approximate surface area is 174 Å². The predicted molar refractivity (Wildman–Crippen MR) is 112 cm³/mol. The summed E-state index contributed by atoms with van der Waals surface area (Å²) in [6, 6.07) is 1.79. The van der Waals surface area contributed by atoms with Crippen LogP contribution in [0.15, 0.2) is 37.2 Å². The van der Waals surface area contributed by atoms with Crippen molar-refractivity contribution in [3.05, 3.63) is 48.6 Å². The summed E-state index contributed by atoms with van der Waals surface area (Å²) in [4.78, 5) is 35.0. The number of anilines is 2. The average Bonchev–Trinajstić information content (AvgIpc) is 3.37. The van der Waals surface area contributed by atoms with Gasteiger partial charge in [-0.2, -0.15) is 0 Å². The summed E-state index contributed by atoms with van der Waals surface area (Å²) in [5.74, 6) is 1.01. The van der Waals surface area contributed by atoms with Crippen molar-refractivity contribution in [2.24, 2.45) is 0 Å². The Bertz CT molecular complexity index is 1030. The first-order valence-electron chi connectivity index (χ1n) is 9.89. The molecule has 3 aromatic rings. The van der Waals surface area contributed by atoms with Gasteiger partial charge in [-0.1, -0.05) is 13.8 Å². The molecular formula is C21H24FN7O. The van der Waals surface area contributed by atoms with Gasteiger partial charge in [0.1, 0.15) is 11.5 Å². The molecule has 9 heteroatoms. The van der Waals surface area contributed by atoms with Crippen molar-refractivity contribution in [2.75, 3.05) is 23.3 Å². The number of nitrogens with one attached hydrogen (secondary N) is 2. The number of carbonyl (C=O) groups is 1. The van der Waals surface area contributed by atoms with Gasteiger partial charge in [-0.25, -0.2) is 24.3 Å². The fraction of sp³-hybridized carbons (Fsp3) is 0.381. The molecule has 1 unspecified atom stereocenters. The summed E-state index contributed by atoms with van der Waals surface area (Å²) >= 11 is 0. The molecule has 0 saturated carbocycles. The number of carbonyl (C=O) groups excluding carboxylic acids is 1. The Morgan fingerprint density at radius 3 is 2.63 bits per heavy atom. The number of pyridine rings is 1. The minimum atomic E-state index is -1.30. The van der Waals surface area contributed by atoms with E-state index in [2.05, 4.69) is 30.2 Å². The smallest absolute Gasteiger partial charge is 0.258 e.